The summed E-state index contributed by atoms with van der Waals surface area (Å²) in [4.78, 5) is 24.5. The van der Waals surface area contributed by atoms with Crippen LogP contribution in [0.15, 0.2) is 24.3 Å². The smallest absolute Gasteiger partial charge is 0.243 e. The first-order valence-electron chi connectivity index (χ1n) is 23.6. The molecule has 2 unspecified atom stereocenters. The minimum atomic E-state index is -0.0439. The molecule has 3 fully saturated rings. The highest BCUT2D eigenvalue weighted by Crippen LogP contribution is 2.21. The normalized spacial score (nSPS) is 21.4. The second-order valence-electron chi connectivity index (χ2n) is 16.7. The Morgan fingerprint density at radius 1 is 0.455 bits per heavy atom. The van der Waals surface area contributed by atoms with Crippen LogP contribution in [0.4, 0.5) is 0 Å². The van der Waals surface area contributed by atoms with Gasteiger partial charge < -0.3 is 29.6 Å². The zero-order valence-corrected chi connectivity index (χ0v) is 35.2. The Morgan fingerprint density at radius 3 is 1.11 bits per heavy atom. The van der Waals surface area contributed by atoms with E-state index in [1.165, 1.54) is 154 Å². The van der Waals surface area contributed by atoms with Crippen molar-refractivity contribution in [2.24, 2.45) is 0 Å². The maximum absolute atomic E-state index is 12.3. The largest absolute Gasteiger partial charge is 0.353 e. The Balaban J connectivity index is 0.971. The first-order chi connectivity index (χ1) is 27.2. The summed E-state index contributed by atoms with van der Waals surface area (Å²) in [7, 11) is 0. The quantitative estimate of drug-likeness (QED) is 0.0486. The molecular weight excluding hydrogens is 689 g/mol. The van der Waals surface area contributed by atoms with E-state index in [0.717, 1.165) is 84.2 Å². The van der Waals surface area contributed by atoms with Crippen molar-refractivity contribution in [2.75, 3.05) is 26.4 Å². The van der Waals surface area contributed by atoms with Crippen LogP contribution in [-0.4, -0.2) is 62.9 Å². The first-order valence-corrected chi connectivity index (χ1v) is 23.6. The van der Waals surface area contributed by atoms with Crippen LogP contribution >= 0.6 is 0 Å². The predicted molar refractivity (Wildman–Crippen MR) is 226 cm³/mol. The van der Waals surface area contributed by atoms with Gasteiger partial charge in [0.2, 0.25) is 11.8 Å². The summed E-state index contributed by atoms with van der Waals surface area (Å²) in [5.74, 6) is -0.0879. The third-order valence-electron chi connectivity index (χ3n) is 11.4. The number of amides is 2. The summed E-state index contributed by atoms with van der Waals surface area (Å²) < 4.78 is 22.9. The maximum Gasteiger partial charge on any atom is 0.243 e. The van der Waals surface area contributed by atoms with Crippen molar-refractivity contribution < 1.29 is 28.5 Å². The molecule has 4 atom stereocenters. The highest BCUT2D eigenvalue weighted by molar-refractivity contribution is 5.89. The number of nitrogens with one attached hydrogen (secondary N) is 2. The molecule has 3 aliphatic rings. The molecule has 0 aromatic heterocycles. The van der Waals surface area contributed by atoms with Crippen LogP contribution in [0.1, 0.15) is 212 Å². The number of hydrogen-bond donors (Lipinski definition) is 2. The third kappa shape index (κ3) is 28.3. The minimum Gasteiger partial charge on any atom is -0.353 e. The second-order valence-corrected chi connectivity index (χ2v) is 16.7. The number of unbranched alkanes of at least 4 members (excludes halogenated alkanes) is 24. The zero-order chi connectivity index (χ0) is 38.7. The van der Waals surface area contributed by atoms with Crippen molar-refractivity contribution in [3.05, 3.63) is 24.3 Å². The zero-order valence-electron chi connectivity index (χ0n) is 35.2. The van der Waals surface area contributed by atoms with Crippen LogP contribution in [0, 0.1) is 0 Å². The molecule has 55 heavy (non-hydrogen) atoms. The standard InChI is InChI=1S/C47H84N2O6/c50-44(33-25-21-17-13-9-5-1-3-7-11-15-19-23-29-37-52-46-35-27-31-39-54-46)48-42-41-43(42)49-45(51)34-26-22-18-14-10-6-2-4-8-12-16-20-24-30-38-53-47-36-28-32-40-55-47/h25-26,33-34,42-43,46-47H,1-24,27-32,35-41H2,(H,48,50)(H,49,51)/t42-,43+,46?,47?. The van der Waals surface area contributed by atoms with Gasteiger partial charge in [-0.2, -0.15) is 0 Å². The Hall–Kier alpha value is -1.74. The summed E-state index contributed by atoms with van der Waals surface area (Å²) in [5.41, 5.74) is 0. The van der Waals surface area contributed by atoms with Gasteiger partial charge in [-0.3, -0.25) is 9.59 Å². The molecule has 0 aromatic rings. The molecular formula is C47H84N2O6. The lowest BCUT2D eigenvalue weighted by Crippen LogP contribution is -2.33. The average Bonchev–Trinajstić information content (AvgIpc) is 3.93. The minimum absolute atomic E-state index is 0.0439. The molecule has 2 amide bonds. The second kappa shape index (κ2) is 34.3. The van der Waals surface area contributed by atoms with Gasteiger partial charge in [0.05, 0.1) is 12.1 Å². The number of hydrogen-bond acceptors (Lipinski definition) is 6. The molecule has 3 rings (SSSR count). The number of carbonyl (C=O) groups excluding carboxylic acids is 2. The fourth-order valence-electron chi connectivity index (χ4n) is 7.74. The van der Waals surface area contributed by atoms with Crippen molar-refractivity contribution >= 4 is 11.8 Å². The van der Waals surface area contributed by atoms with Crippen LogP contribution < -0.4 is 10.6 Å². The van der Waals surface area contributed by atoms with Crippen LogP contribution in [-0.2, 0) is 28.5 Å². The molecule has 8 heteroatoms. The molecule has 0 aromatic carbocycles. The fraction of sp³-hybridized carbons (Fsp3) is 0.872. The summed E-state index contributed by atoms with van der Waals surface area (Å²) in [6.45, 7) is 3.43. The van der Waals surface area contributed by atoms with Crippen LogP contribution in [0.25, 0.3) is 0 Å². The summed E-state index contributed by atoms with van der Waals surface area (Å²) in [6.07, 6.45) is 48.2. The first kappa shape index (κ1) is 47.6. The monoisotopic (exact) mass is 773 g/mol. The Labute approximate surface area is 337 Å². The Morgan fingerprint density at radius 2 is 0.782 bits per heavy atom. The third-order valence-corrected chi connectivity index (χ3v) is 11.4. The predicted octanol–water partition coefficient (Wildman–Crippen LogP) is 11.7. The Kier molecular flexibility index (Phi) is 29.7. The maximum atomic E-state index is 12.3. The number of ether oxygens (including phenoxy) is 4. The average molecular weight is 773 g/mol. The van der Waals surface area contributed by atoms with Gasteiger partial charge in [-0.1, -0.05) is 141 Å². The molecule has 2 N–H and O–H groups in total. The molecule has 318 valence electrons. The van der Waals surface area contributed by atoms with Gasteiger partial charge in [-0.15, -0.1) is 0 Å². The van der Waals surface area contributed by atoms with Crippen LogP contribution in [0.3, 0.4) is 0 Å². The van der Waals surface area contributed by atoms with Gasteiger partial charge in [-0.05, 0) is 95.6 Å². The summed E-state index contributed by atoms with van der Waals surface area (Å²) in [5, 5.41) is 6.05. The molecule has 0 spiro atoms. The summed E-state index contributed by atoms with van der Waals surface area (Å²) in [6, 6.07) is 0.115. The molecule has 2 heterocycles. The lowest BCUT2D eigenvalue weighted by Gasteiger charge is -2.22. The SMILES string of the molecule is O=C(C=CCCCCCCCCCCCCCCOC1CCCCO1)N[C@H]1C[C@H]1NC(=O)C=CCCCCCCCCCCCCCCOC1CCCCO1. The van der Waals surface area contributed by atoms with Crippen molar-refractivity contribution in [3.8, 4) is 0 Å². The van der Waals surface area contributed by atoms with E-state index in [4.69, 9.17) is 18.9 Å². The van der Waals surface area contributed by atoms with E-state index in [-0.39, 0.29) is 36.5 Å². The van der Waals surface area contributed by atoms with E-state index < -0.39 is 0 Å². The molecule has 0 radical (unpaired) electrons. The molecule has 2 aliphatic heterocycles. The topological polar surface area (TPSA) is 95.1 Å². The van der Waals surface area contributed by atoms with Gasteiger partial charge in [0.1, 0.15) is 0 Å². The van der Waals surface area contributed by atoms with E-state index in [9.17, 15) is 9.59 Å². The highest BCUT2D eigenvalue weighted by Gasteiger charge is 2.38. The molecule has 8 nitrogen and oxygen atoms in total. The number of carbonyl (C=O) groups is 2. The molecule has 1 aliphatic carbocycles. The van der Waals surface area contributed by atoms with E-state index in [1.54, 1.807) is 12.2 Å². The number of allylic oxidation sites excluding steroid dienone is 2. The van der Waals surface area contributed by atoms with E-state index >= 15 is 0 Å². The Bertz CT molecular complexity index is 900. The lowest BCUT2D eigenvalue weighted by molar-refractivity contribution is -0.163. The molecule has 1 saturated carbocycles. The highest BCUT2D eigenvalue weighted by atomic mass is 16.7. The fourth-order valence-corrected chi connectivity index (χ4v) is 7.74. The van der Waals surface area contributed by atoms with Gasteiger partial charge >= 0.3 is 0 Å². The van der Waals surface area contributed by atoms with Crippen LogP contribution in [0.2, 0.25) is 0 Å². The molecule has 2 saturated heterocycles. The van der Waals surface area contributed by atoms with Gasteiger partial charge in [-0.25, -0.2) is 0 Å². The van der Waals surface area contributed by atoms with Gasteiger partial charge in [0.15, 0.2) is 12.6 Å². The van der Waals surface area contributed by atoms with E-state index in [0.29, 0.717) is 0 Å². The van der Waals surface area contributed by atoms with Crippen LogP contribution in [0.5, 0.6) is 0 Å². The van der Waals surface area contributed by atoms with Crippen molar-refractivity contribution in [1.29, 1.82) is 0 Å². The van der Waals surface area contributed by atoms with E-state index in [2.05, 4.69) is 10.6 Å². The number of rotatable bonds is 36. The summed E-state index contributed by atoms with van der Waals surface area (Å²) >= 11 is 0. The lowest BCUT2D eigenvalue weighted by atomic mass is 10.0. The van der Waals surface area contributed by atoms with Gasteiger partial charge in [0, 0.05) is 26.4 Å². The van der Waals surface area contributed by atoms with Crippen molar-refractivity contribution in [1.82, 2.24) is 10.6 Å². The van der Waals surface area contributed by atoms with E-state index in [1.807, 2.05) is 12.2 Å². The van der Waals surface area contributed by atoms with Crippen molar-refractivity contribution in [2.45, 2.75) is 237 Å². The molecule has 0 bridgehead atoms. The van der Waals surface area contributed by atoms with Crippen molar-refractivity contribution in [3.63, 3.8) is 0 Å². The van der Waals surface area contributed by atoms with Gasteiger partial charge in [0.25, 0.3) is 0 Å².